The van der Waals surface area contributed by atoms with Crippen LogP contribution in [0.5, 0.6) is 0 Å². The Morgan fingerprint density at radius 3 is 2.59 bits per heavy atom. The first-order valence-electron chi connectivity index (χ1n) is 11.8. The number of thiophene rings is 1. The number of fused-ring (bicyclic) bond motifs is 4. The molecular formula is C30H31NOS2. The van der Waals surface area contributed by atoms with Crippen molar-refractivity contribution in [1.82, 2.24) is 4.98 Å². The molecule has 0 unspecified atom stereocenters. The number of aromatic nitrogens is 1. The first-order chi connectivity index (χ1) is 16.2. The van der Waals surface area contributed by atoms with Crippen molar-refractivity contribution in [3.05, 3.63) is 70.6 Å². The lowest BCUT2D eigenvalue weighted by atomic mass is 9.85. The van der Waals surface area contributed by atoms with Crippen LogP contribution in [0.3, 0.4) is 0 Å². The Bertz CT molecular complexity index is 1550. The highest BCUT2D eigenvalue weighted by atomic mass is 32.2. The Kier molecular flexibility index (Phi) is 5.86. The highest BCUT2D eigenvalue weighted by Gasteiger charge is 2.22. The molecule has 3 aromatic heterocycles. The van der Waals surface area contributed by atoms with E-state index in [2.05, 4.69) is 78.5 Å². The molecule has 0 saturated carbocycles. The SMILES string of the molecule is C=CSc1ccc(-c2nccc3oc4cc5c(CC(C)C)c(C)sc5cc4c23)cc1C(C)(C)C. The second-order valence-electron chi connectivity index (χ2n) is 10.5. The summed E-state index contributed by atoms with van der Waals surface area (Å²) in [5.41, 5.74) is 6.70. The van der Waals surface area contributed by atoms with Crippen LogP contribution in [-0.2, 0) is 11.8 Å². The Balaban J connectivity index is 1.76. The van der Waals surface area contributed by atoms with Crippen molar-refractivity contribution in [3.8, 4) is 11.3 Å². The molecule has 2 nitrogen and oxygen atoms in total. The van der Waals surface area contributed by atoms with Crippen LogP contribution < -0.4 is 0 Å². The molecule has 0 spiro atoms. The molecule has 5 rings (SSSR count). The van der Waals surface area contributed by atoms with Gasteiger partial charge in [0.05, 0.1) is 11.1 Å². The summed E-state index contributed by atoms with van der Waals surface area (Å²) < 4.78 is 7.72. The summed E-state index contributed by atoms with van der Waals surface area (Å²) in [5, 5.41) is 5.47. The van der Waals surface area contributed by atoms with Crippen molar-refractivity contribution in [2.24, 2.45) is 5.92 Å². The van der Waals surface area contributed by atoms with Crippen molar-refractivity contribution >= 4 is 55.1 Å². The lowest BCUT2D eigenvalue weighted by molar-refractivity contribution is 0.578. The average Bonchev–Trinajstić information content (AvgIpc) is 3.28. The molecular weight excluding hydrogens is 454 g/mol. The lowest BCUT2D eigenvalue weighted by Crippen LogP contribution is -2.12. The summed E-state index contributed by atoms with van der Waals surface area (Å²) in [6.45, 7) is 17.5. The molecule has 0 aliphatic carbocycles. The van der Waals surface area contributed by atoms with Crippen molar-refractivity contribution in [2.75, 3.05) is 0 Å². The van der Waals surface area contributed by atoms with Gasteiger partial charge in [0.2, 0.25) is 0 Å². The molecule has 0 radical (unpaired) electrons. The molecule has 0 bridgehead atoms. The first-order valence-corrected chi connectivity index (χ1v) is 13.5. The Labute approximate surface area is 210 Å². The fourth-order valence-electron chi connectivity index (χ4n) is 4.82. The van der Waals surface area contributed by atoms with Crippen LogP contribution in [0.2, 0.25) is 0 Å². The van der Waals surface area contributed by atoms with E-state index in [1.54, 1.807) is 11.8 Å². The zero-order valence-corrected chi connectivity index (χ0v) is 22.4. The third-order valence-electron chi connectivity index (χ3n) is 6.38. The Morgan fingerprint density at radius 2 is 1.88 bits per heavy atom. The van der Waals surface area contributed by atoms with Gasteiger partial charge in [-0.3, -0.25) is 4.98 Å². The van der Waals surface area contributed by atoms with Gasteiger partial charge in [-0.15, -0.1) is 11.3 Å². The highest BCUT2D eigenvalue weighted by Crippen LogP contribution is 2.42. The van der Waals surface area contributed by atoms with Crippen molar-refractivity contribution < 1.29 is 4.42 Å². The fourth-order valence-corrected chi connectivity index (χ4v) is 6.75. The summed E-state index contributed by atoms with van der Waals surface area (Å²) in [6.07, 6.45) is 2.95. The number of hydrogen-bond acceptors (Lipinski definition) is 4. The van der Waals surface area contributed by atoms with E-state index in [1.165, 1.54) is 31.0 Å². The molecule has 0 amide bonds. The summed E-state index contributed by atoms with van der Waals surface area (Å²) in [4.78, 5) is 7.50. The number of furan rings is 1. The maximum Gasteiger partial charge on any atom is 0.139 e. The van der Waals surface area contributed by atoms with E-state index >= 15 is 0 Å². The fraction of sp³-hybridized carbons (Fsp3) is 0.300. The van der Waals surface area contributed by atoms with Crippen LogP contribution in [0.1, 0.15) is 50.6 Å². The van der Waals surface area contributed by atoms with E-state index in [-0.39, 0.29) is 5.41 Å². The van der Waals surface area contributed by atoms with Gasteiger partial charge in [-0.2, -0.15) is 0 Å². The number of pyridine rings is 1. The number of aryl methyl sites for hydroxylation is 1. The quantitative estimate of drug-likeness (QED) is 0.232. The van der Waals surface area contributed by atoms with Crippen molar-refractivity contribution in [2.45, 2.75) is 58.3 Å². The van der Waals surface area contributed by atoms with E-state index in [1.807, 2.05) is 29.0 Å². The van der Waals surface area contributed by atoms with Crippen LogP contribution in [0.15, 0.2) is 63.9 Å². The minimum Gasteiger partial charge on any atom is -0.456 e. The van der Waals surface area contributed by atoms with E-state index in [0.29, 0.717) is 5.92 Å². The molecule has 3 heterocycles. The summed E-state index contributed by atoms with van der Waals surface area (Å²) in [7, 11) is 0. The van der Waals surface area contributed by atoms with Gasteiger partial charge in [-0.1, -0.05) is 59.0 Å². The van der Waals surface area contributed by atoms with Gasteiger partial charge in [0.15, 0.2) is 0 Å². The molecule has 0 fully saturated rings. The minimum atomic E-state index is 0.0151. The molecule has 0 saturated heterocycles. The molecule has 2 aromatic carbocycles. The molecule has 0 aliphatic heterocycles. The van der Waals surface area contributed by atoms with Gasteiger partial charge in [-0.25, -0.2) is 0 Å². The third kappa shape index (κ3) is 3.97. The summed E-state index contributed by atoms with van der Waals surface area (Å²) in [5.74, 6) is 0.623. The molecule has 0 aliphatic rings. The Morgan fingerprint density at radius 1 is 1.09 bits per heavy atom. The monoisotopic (exact) mass is 485 g/mol. The Hall–Kier alpha value is -2.56. The van der Waals surface area contributed by atoms with Gasteiger partial charge in [0.25, 0.3) is 0 Å². The first kappa shape index (κ1) is 23.2. The predicted molar refractivity (Wildman–Crippen MR) is 150 cm³/mol. The smallest absolute Gasteiger partial charge is 0.139 e. The van der Waals surface area contributed by atoms with E-state index in [9.17, 15) is 0 Å². The summed E-state index contributed by atoms with van der Waals surface area (Å²) >= 11 is 3.56. The number of nitrogens with zero attached hydrogens (tertiary/aromatic N) is 1. The van der Waals surface area contributed by atoms with Crippen LogP contribution in [0, 0.1) is 12.8 Å². The van der Waals surface area contributed by atoms with Gasteiger partial charge in [-0.05, 0) is 76.9 Å². The predicted octanol–water partition coefficient (Wildman–Crippen LogP) is 9.90. The average molecular weight is 486 g/mol. The van der Waals surface area contributed by atoms with Gasteiger partial charge in [0, 0.05) is 31.6 Å². The maximum atomic E-state index is 6.40. The number of hydrogen-bond donors (Lipinski definition) is 0. The molecule has 0 N–H and O–H groups in total. The van der Waals surface area contributed by atoms with Gasteiger partial charge in [0.1, 0.15) is 11.2 Å². The number of rotatable bonds is 5. The second kappa shape index (κ2) is 8.58. The van der Waals surface area contributed by atoms with E-state index < -0.39 is 0 Å². The maximum absolute atomic E-state index is 6.40. The van der Waals surface area contributed by atoms with E-state index in [4.69, 9.17) is 9.40 Å². The topological polar surface area (TPSA) is 26.0 Å². The van der Waals surface area contributed by atoms with Crippen LogP contribution in [0.4, 0.5) is 0 Å². The number of benzene rings is 2. The van der Waals surface area contributed by atoms with Crippen LogP contribution >= 0.6 is 23.1 Å². The van der Waals surface area contributed by atoms with Gasteiger partial charge >= 0.3 is 0 Å². The highest BCUT2D eigenvalue weighted by molar-refractivity contribution is 8.02. The standard InChI is InChI=1S/C30H31NOS2/c1-8-33-26-10-9-19(14-23(26)30(5,6)7)29-28-22-16-27-21(20(13-17(2)3)18(4)34-27)15-25(22)32-24(28)11-12-31-29/h8-12,14-17H,1,13H2,2-7H3. The molecule has 5 aromatic rings. The molecule has 34 heavy (non-hydrogen) atoms. The van der Waals surface area contributed by atoms with Crippen molar-refractivity contribution in [1.29, 1.82) is 0 Å². The van der Waals surface area contributed by atoms with Crippen LogP contribution in [0.25, 0.3) is 43.3 Å². The third-order valence-corrected chi connectivity index (χ3v) is 8.27. The second-order valence-corrected chi connectivity index (χ2v) is 12.7. The lowest BCUT2D eigenvalue weighted by Gasteiger charge is -2.23. The molecule has 174 valence electrons. The number of thioether (sulfide) groups is 1. The molecule has 0 atom stereocenters. The zero-order valence-electron chi connectivity index (χ0n) is 20.8. The van der Waals surface area contributed by atoms with Crippen LogP contribution in [-0.4, -0.2) is 4.98 Å². The summed E-state index contributed by atoms with van der Waals surface area (Å²) in [6, 6.07) is 13.2. The van der Waals surface area contributed by atoms with Crippen molar-refractivity contribution in [3.63, 3.8) is 0 Å². The normalized spacial score (nSPS) is 12.4. The van der Waals surface area contributed by atoms with E-state index in [0.717, 1.165) is 39.6 Å². The van der Waals surface area contributed by atoms with Gasteiger partial charge < -0.3 is 4.42 Å². The molecule has 4 heteroatoms. The zero-order chi connectivity index (χ0) is 24.2. The largest absolute Gasteiger partial charge is 0.456 e. The minimum absolute atomic E-state index is 0.0151.